The summed E-state index contributed by atoms with van der Waals surface area (Å²) < 4.78 is 186. The number of carboxylic acid groups (broad SMARTS) is 1. The number of nitrogens with one attached hydrogen (secondary N) is 1. The highest BCUT2D eigenvalue weighted by Crippen LogP contribution is 2.62. The Morgan fingerprint density at radius 2 is 0.903 bits per heavy atom. The van der Waals surface area contributed by atoms with Gasteiger partial charge in [-0.1, -0.05) is 0 Å². The highest BCUT2D eigenvalue weighted by atomic mass is 19.4. The number of halogens is 15. The summed E-state index contributed by atoms with van der Waals surface area (Å²) >= 11 is 0. The molecule has 1 rings (SSSR count). The lowest BCUT2D eigenvalue weighted by Gasteiger charge is -2.41. The van der Waals surface area contributed by atoms with E-state index < -0.39 is 47.7 Å². The third-order valence-corrected chi connectivity index (χ3v) is 4.04. The van der Waals surface area contributed by atoms with Crippen LogP contribution in [0.2, 0.25) is 0 Å². The summed E-state index contributed by atoms with van der Waals surface area (Å²) in [6.45, 7) is 2.81. The Hall–Kier alpha value is -1.62. The van der Waals surface area contributed by atoms with E-state index in [-0.39, 0.29) is 0 Å². The molecule has 0 aromatic heterocycles. The first-order valence-electron chi connectivity index (χ1n) is 7.70. The number of carbonyl (C=O) groups is 1. The first-order valence-corrected chi connectivity index (χ1v) is 7.70. The van der Waals surface area contributed by atoms with E-state index in [4.69, 9.17) is 0 Å². The number of hydrogen-bond donors (Lipinski definition) is 1. The first-order chi connectivity index (χ1) is 13.3. The molecule has 3 nitrogen and oxygen atoms in total. The van der Waals surface area contributed by atoms with Gasteiger partial charge in [0, 0.05) is 12.8 Å². The highest BCUT2D eigenvalue weighted by Gasteiger charge is 2.93. The number of aliphatic carboxylic acids is 1. The van der Waals surface area contributed by atoms with Crippen LogP contribution in [0.4, 0.5) is 65.9 Å². The number of hydrogen-bond acceptors (Lipinski definition) is 2. The second kappa shape index (κ2) is 8.38. The third kappa shape index (κ3) is 4.62. The van der Waals surface area contributed by atoms with Crippen molar-refractivity contribution in [1.29, 1.82) is 0 Å². The van der Waals surface area contributed by atoms with Gasteiger partial charge >= 0.3 is 41.7 Å². The summed E-state index contributed by atoms with van der Waals surface area (Å²) in [5, 5.41) is 9.61. The SMILES string of the molecule is C[NH+]1CCCC1.O=C([O-])C(F)(F)C(F)(F)C(F)(F)C(F)(F)C(F)(F)C(F)(F)C(F)(F)F. The molecular weight excluding hydrogens is 487 g/mol. The van der Waals surface area contributed by atoms with Crippen LogP contribution in [0, 0.1) is 0 Å². The number of carbonyl (C=O) groups excluding carboxylic acids is 1. The standard InChI is InChI=1S/C8HF15O2.C5H11N/c9-2(10,1(24)25)3(11,12)4(13,14)5(15,16)6(17,18)7(19,20)8(21,22)23;1-6-4-2-3-5-6/h(H,24,25);2-5H2,1H3. The number of carboxylic acids is 1. The van der Waals surface area contributed by atoms with E-state index in [1.54, 1.807) is 4.90 Å². The number of alkyl halides is 15. The smallest absolute Gasteiger partial charge is 0.460 e. The molecule has 1 N–H and O–H groups in total. The molecule has 0 aromatic rings. The van der Waals surface area contributed by atoms with Crippen LogP contribution in [0.1, 0.15) is 12.8 Å². The van der Waals surface area contributed by atoms with Crippen LogP contribution in [0.25, 0.3) is 0 Å². The van der Waals surface area contributed by atoms with Crippen LogP contribution >= 0.6 is 0 Å². The molecule has 1 heterocycles. The number of rotatable bonds is 6. The number of quaternary nitrogens is 1. The quantitative estimate of drug-likeness (QED) is 0.571. The minimum absolute atomic E-state index is 1.40. The molecule has 31 heavy (non-hydrogen) atoms. The molecule has 0 bridgehead atoms. The van der Waals surface area contributed by atoms with E-state index in [0.717, 1.165) is 0 Å². The van der Waals surface area contributed by atoms with Gasteiger partial charge in [0.2, 0.25) is 0 Å². The third-order valence-electron chi connectivity index (χ3n) is 4.04. The van der Waals surface area contributed by atoms with Crippen molar-refractivity contribution < 1.29 is 80.7 Å². The number of likely N-dealkylation sites (tertiary alicyclic amines) is 1. The Balaban J connectivity index is 0.00000127. The molecule has 0 radical (unpaired) electrons. The zero-order chi connectivity index (χ0) is 25.5. The Morgan fingerprint density at radius 1 is 0.613 bits per heavy atom. The van der Waals surface area contributed by atoms with Crippen molar-refractivity contribution in [2.75, 3.05) is 20.1 Å². The molecular formula is C13H12F15NO2. The van der Waals surface area contributed by atoms with Gasteiger partial charge in [0.1, 0.15) is 5.97 Å². The Kier molecular flexibility index (Phi) is 7.94. The molecule has 0 spiro atoms. The van der Waals surface area contributed by atoms with E-state index in [2.05, 4.69) is 7.05 Å². The summed E-state index contributed by atoms with van der Waals surface area (Å²) in [6.07, 6.45) is -4.81. The van der Waals surface area contributed by atoms with Crippen molar-refractivity contribution in [2.24, 2.45) is 0 Å². The van der Waals surface area contributed by atoms with Gasteiger partial charge in [-0.15, -0.1) is 0 Å². The van der Waals surface area contributed by atoms with E-state index in [1.807, 2.05) is 0 Å². The van der Waals surface area contributed by atoms with Gasteiger partial charge in [0.05, 0.1) is 20.1 Å². The highest BCUT2D eigenvalue weighted by molar-refractivity contribution is 5.75. The minimum atomic E-state index is -8.50. The summed E-state index contributed by atoms with van der Waals surface area (Å²) in [5.74, 6) is -53.3. The van der Waals surface area contributed by atoms with Crippen molar-refractivity contribution in [3.05, 3.63) is 0 Å². The van der Waals surface area contributed by atoms with Gasteiger partial charge in [0.15, 0.2) is 0 Å². The molecule has 0 unspecified atom stereocenters. The summed E-state index contributed by atoms with van der Waals surface area (Å²) in [6, 6.07) is 0. The molecule has 1 fully saturated rings. The van der Waals surface area contributed by atoms with Gasteiger partial charge in [-0.3, -0.25) is 0 Å². The lowest BCUT2D eigenvalue weighted by Crippen LogP contribution is -3.06. The monoisotopic (exact) mass is 499 g/mol. The van der Waals surface area contributed by atoms with Gasteiger partial charge in [-0.05, 0) is 0 Å². The molecule has 0 aliphatic carbocycles. The van der Waals surface area contributed by atoms with Crippen LogP contribution < -0.4 is 10.0 Å². The van der Waals surface area contributed by atoms with Crippen LogP contribution in [0.3, 0.4) is 0 Å². The van der Waals surface area contributed by atoms with Gasteiger partial charge in [0.25, 0.3) is 0 Å². The lowest BCUT2D eigenvalue weighted by molar-refractivity contribution is -0.866. The van der Waals surface area contributed by atoms with Crippen LogP contribution in [0.15, 0.2) is 0 Å². The van der Waals surface area contributed by atoms with Crippen LogP contribution in [0.5, 0.6) is 0 Å². The van der Waals surface area contributed by atoms with E-state index in [1.165, 1.54) is 25.9 Å². The van der Waals surface area contributed by atoms with E-state index in [9.17, 15) is 75.8 Å². The molecule has 1 saturated heterocycles. The maximum atomic E-state index is 12.8. The fourth-order valence-corrected chi connectivity index (χ4v) is 2.07. The molecule has 0 amide bonds. The Morgan fingerprint density at radius 3 is 1.13 bits per heavy atom. The first kappa shape index (κ1) is 29.4. The minimum Gasteiger partial charge on any atom is -0.544 e. The second-order valence-corrected chi connectivity index (χ2v) is 6.40. The average molecular weight is 499 g/mol. The molecule has 0 atom stereocenters. The van der Waals surface area contributed by atoms with E-state index in [0.29, 0.717) is 0 Å². The fraction of sp³-hybridized carbons (Fsp3) is 0.923. The molecule has 18 heteroatoms. The summed E-state index contributed by atoms with van der Waals surface area (Å²) in [4.78, 5) is 11.3. The Labute approximate surface area is 162 Å². The molecule has 186 valence electrons. The predicted molar refractivity (Wildman–Crippen MR) is 66.6 cm³/mol. The van der Waals surface area contributed by atoms with Crippen LogP contribution in [-0.4, -0.2) is 67.8 Å². The summed E-state index contributed by atoms with van der Waals surface area (Å²) in [5.41, 5.74) is 0. The van der Waals surface area contributed by atoms with Crippen molar-refractivity contribution >= 4 is 5.97 Å². The molecule has 1 aliphatic heterocycles. The lowest BCUT2D eigenvalue weighted by atomic mass is 9.91. The maximum Gasteiger partial charge on any atom is 0.460 e. The average Bonchev–Trinajstić information content (AvgIpc) is 3.04. The van der Waals surface area contributed by atoms with Crippen molar-refractivity contribution in [3.63, 3.8) is 0 Å². The molecule has 0 saturated carbocycles. The van der Waals surface area contributed by atoms with Crippen LogP contribution in [-0.2, 0) is 4.79 Å². The van der Waals surface area contributed by atoms with Gasteiger partial charge in [-0.25, -0.2) is 0 Å². The normalized spacial score (nSPS) is 17.9. The van der Waals surface area contributed by atoms with Crippen molar-refractivity contribution in [1.82, 2.24) is 0 Å². The Bertz CT molecular complexity index is 637. The predicted octanol–water partition coefficient (Wildman–Crippen LogP) is 2.41. The summed E-state index contributed by atoms with van der Waals surface area (Å²) in [7, 11) is 2.26. The largest absolute Gasteiger partial charge is 0.544 e. The van der Waals surface area contributed by atoms with Gasteiger partial charge in [-0.2, -0.15) is 65.9 Å². The molecule has 0 aromatic carbocycles. The van der Waals surface area contributed by atoms with E-state index >= 15 is 0 Å². The van der Waals surface area contributed by atoms with Crippen molar-refractivity contribution in [2.45, 2.75) is 54.6 Å². The second-order valence-electron chi connectivity index (χ2n) is 6.40. The molecule has 1 aliphatic rings. The zero-order valence-corrected chi connectivity index (χ0v) is 14.8. The topological polar surface area (TPSA) is 44.6 Å². The van der Waals surface area contributed by atoms with Gasteiger partial charge < -0.3 is 14.8 Å². The maximum absolute atomic E-state index is 12.8. The van der Waals surface area contributed by atoms with Crippen molar-refractivity contribution in [3.8, 4) is 0 Å². The zero-order valence-electron chi connectivity index (χ0n) is 14.8. The fourth-order valence-electron chi connectivity index (χ4n) is 2.07.